The maximum atomic E-state index is 10.6. The normalized spacial score (nSPS) is 9.00. The minimum absolute atomic E-state index is 0. The average molecular weight is 348 g/mol. The standard InChI is InChI=1S/C2HClF3.Au.H3P/c3-1-2(4,5)6;;/h1H;;1H3/q-1;+1;. The van der Waals surface area contributed by atoms with Crippen LogP contribution >= 0.6 is 21.5 Å². The van der Waals surface area contributed by atoms with E-state index in [0.717, 1.165) is 0 Å². The van der Waals surface area contributed by atoms with Crippen LogP contribution in [0.15, 0.2) is 0 Å². The summed E-state index contributed by atoms with van der Waals surface area (Å²) in [5, 5.41) is 0. The molecule has 56 valence electrons. The van der Waals surface area contributed by atoms with E-state index in [1.54, 1.807) is 0 Å². The van der Waals surface area contributed by atoms with E-state index in [1.165, 1.54) is 0 Å². The average Bonchev–Trinajstić information content (AvgIpc) is 1.35. The van der Waals surface area contributed by atoms with Crippen LogP contribution in [0.1, 0.15) is 0 Å². The van der Waals surface area contributed by atoms with E-state index < -0.39 is 6.18 Å². The van der Waals surface area contributed by atoms with E-state index in [1.807, 2.05) is 0 Å². The van der Waals surface area contributed by atoms with E-state index in [0.29, 0.717) is 0 Å². The predicted octanol–water partition coefficient (Wildman–Crippen LogP) is 2.00. The van der Waals surface area contributed by atoms with Crippen LogP contribution in [0, 0.1) is 5.88 Å². The molecule has 0 aliphatic carbocycles. The van der Waals surface area contributed by atoms with Gasteiger partial charge >= 0.3 is 22.4 Å². The van der Waals surface area contributed by atoms with Crippen molar-refractivity contribution in [1.82, 2.24) is 0 Å². The third kappa shape index (κ3) is 15.7. The third-order valence-electron chi connectivity index (χ3n) is 0.124. The van der Waals surface area contributed by atoms with Gasteiger partial charge in [-0.2, -0.15) is 9.90 Å². The van der Waals surface area contributed by atoms with E-state index in [9.17, 15) is 13.2 Å². The summed E-state index contributed by atoms with van der Waals surface area (Å²) in [5.74, 6) is -0.340. The van der Waals surface area contributed by atoms with E-state index >= 15 is 0 Å². The fourth-order valence-electron chi connectivity index (χ4n) is 0. The number of hydrogen-bond donors (Lipinski definition) is 0. The van der Waals surface area contributed by atoms with Gasteiger partial charge < -0.3 is 11.6 Å². The van der Waals surface area contributed by atoms with Gasteiger partial charge in [-0.1, -0.05) is 0 Å². The molecule has 0 aromatic heterocycles. The van der Waals surface area contributed by atoms with Gasteiger partial charge in [-0.15, -0.1) is 5.88 Å². The second kappa shape index (κ2) is 6.37. The molecule has 0 nitrogen and oxygen atoms in total. The number of rotatable bonds is 0. The first-order chi connectivity index (χ1) is 2.56. The zero-order valence-corrected chi connectivity index (χ0v) is 7.93. The van der Waals surface area contributed by atoms with Gasteiger partial charge in [-0.25, -0.2) is 13.2 Å². The van der Waals surface area contributed by atoms with Gasteiger partial charge in [0.1, 0.15) is 0 Å². The molecule has 0 aromatic carbocycles. The molecule has 0 bridgehead atoms. The quantitative estimate of drug-likeness (QED) is 0.357. The van der Waals surface area contributed by atoms with Crippen LogP contribution in [0.25, 0.3) is 0 Å². The van der Waals surface area contributed by atoms with Crippen molar-refractivity contribution >= 4 is 21.5 Å². The van der Waals surface area contributed by atoms with Crippen LogP contribution in [0.2, 0.25) is 0 Å². The Morgan fingerprint density at radius 3 is 1.38 bits per heavy atom. The maximum Gasteiger partial charge on any atom is 1.00 e. The van der Waals surface area contributed by atoms with Crippen molar-refractivity contribution in [3.63, 3.8) is 0 Å². The Kier molecular flexibility index (Phi) is 12.8. The molecular formula is C2H4AuClF3P. The van der Waals surface area contributed by atoms with E-state index in [2.05, 4.69) is 11.6 Å². The van der Waals surface area contributed by atoms with Crippen molar-refractivity contribution in [2.24, 2.45) is 0 Å². The minimum atomic E-state index is -4.32. The summed E-state index contributed by atoms with van der Waals surface area (Å²) >= 11 is 4.23. The largest absolute Gasteiger partial charge is 1.00 e. The fraction of sp³-hybridized carbons (Fsp3) is 0.500. The molecule has 0 amide bonds. The molecule has 0 spiro atoms. The first-order valence-electron chi connectivity index (χ1n) is 1.07. The Bertz CT molecular complexity index is 47.0. The molecule has 1 atom stereocenters. The van der Waals surface area contributed by atoms with Crippen LogP contribution < -0.4 is 0 Å². The minimum Gasteiger partial charge on any atom is -0.341 e. The molecule has 0 radical (unpaired) electrons. The Labute approximate surface area is 69.3 Å². The topological polar surface area (TPSA) is 0 Å². The van der Waals surface area contributed by atoms with Crippen LogP contribution in [0.5, 0.6) is 0 Å². The van der Waals surface area contributed by atoms with Crippen molar-refractivity contribution < 1.29 is 35.6 Å². The summed E-state index contributed by atoms with van der Waals surface area (Å²) in [6, 6.07) is 0. The van der Waals surface area contributed by atoms with Gasteiger partial charge in [-0.3, -0.25) is 0 Å². The second-order valence-electron chi connectivity index (χ2n) is 0.651. The number of alkyl halides is 3. The molecule has 0 aliphatic rings. The molecule has 0 rings (SSSR count). The van der Waals surface area contributed by atoms with Crippen LogP contribution in [0.4, 0.5) is 13.2 Å². The molecule has 8 heavy (non-hydrogen) atoms. The maximum absolute atomic E-state index is 10.6. The summed E-state index contributed by atoms with van der Waals surface area (Å²) in [6.07, 6.45) is -4.32. The zero-order valence-electron chi connectivity index (χ0n) is 3.60. The number of hydrogen-bond acceptors (Lipinski definition) is 0. The summed E-state index contributed by atoms with van der Waals surface area (Å²) < 4.78 is 31.8. The van der Waals surface area contributed by atoms with Crippen LogP contribution in [-0.4, -0.2) is 6.18 Å². The van der Waals surface area contributed by atoms with Crippen LogP contribution in [-0.2, 0) is 22.4 Å². The molecule has 6 heteroatoms. The smallest absolute Gasteiger partial charge is 0.341 e. The first-order valence-corrected chi connectivity index (χ1v) is 1.51. The molecule has 0 saturated heterocycles. The van der Waals surface area contributed by atoms with E-state index in [-0.39, 0.29) is 38.2 Å². The summed E-state index contributed by atoms with van der Waals surface area (Å²) in [6.45, 7) is 0. The monoisotopic (exact) mass is 348 g/mol. The predicted molar refractivity (Wildman–Crippen MR) is 27.3 cm³/mol. The van der Waals surface area contributed by atoms with Gasteiger partial charge in [0.2, 0.25) is 0 Å². The summed E-state index contributed by atoms with van der Waals surface area (Å²) in [5.41, 5.74) is 0. The SMILES string of the molecule is FC(F)(F)[CH-]Cl.P.[Au+]. The van der Waals surface area contributed by atoms with Gasteiger partial charge in [0.05, 0.1) is 0 Å². The number of halogens is 4. The second-order valence-corrected chi connectivity index (χ2v) is 0.869. The molecule has 0 heterocycles. The summed E-state index contributed by atoms with van der Waals surface area (Å²) in [4.78, 5) is 0. The molecule has 0 aromatic rings. The molecule has 0 aliphatic heterocycles. The summed E-state index contributed by atoms with van der Waals surface area (Å²) in [7, 11) is 0. The molecule has 0 fully saturated rings. The van der Waals surface area contributed by atoms with Gasteiger partial charge in [0, 0.05) is 0 Å². The molecule has 0 saturated carbocycles. The van der Waals surface area contributed by atoms with Crippen molar-refractivity contribution in [2.75, 3.05) is 0 Å². The third-order valence-corrected chi connectivity index (χ3v) is 0.371. The fourth-order valence-corrected chi connectivity index (χ4v) is 0. The molecule has 1 unspecified atom stereocenters. The van der Waals surface area contributed by atoms with Crippen LogP contribution in [0.3, 0.4) is 0 Å². The molecule has 0 N–H and O–H groups in total. The van der Waals surface area contributed by atoms with Crippen molar-refractivity contribution in [3.05, 3.63) is 5.88 Å². The Morgan fingerprint density at radius 1 is 1.25 bits per heavy atom. The van der Waals surface area contributed by atoms with E-state index in [4.69, 9.17) is 0 Å². The Balaban J connectivity index is -0.000000125. The zero-order chi connectivity index (χ0) is 5.21. The van der Waals surface area contributed by atoms with Crippen molar-refractivity contribution in [2.45, 2.75) is 6.18 Å². The Morgan fingerprint density at radius 2 is 1.38 bits per heavy atom. The first kappa shape index (κ1) is 16.1. The Hall–Kier alpha value is 1.25. The van der Waals surface area contributed by atoms with Gasteiger partial charge in [-0.05, 0) is 0 Å². The van der Waals surface area contributed by atoms with Gasteiger partial charge in [0.25, 0.3) is 6.18 Å². The van der Waals surface area contributed by atoms with Crippen molar-refractivity contribution in [3.8, 4) is 0 Å². The molecular weight excluding hydrogens is 344 g/mol. The van der Waals surface area contributed by atoms with Crippen molar-refractivity contribution in [1.29, 1.82) is 0 Å². The van der Waals surface area contributed by atoms with Gasteiger partial charge in [0.15, 0.2) is 0 Å².